The van der Waals surface area contributed by atoms with Gasteiger partial charge in [0.15, 0.2) is 12.2 Å². The Bertz CT molecular complexity index is 786. The highest BCUT2D eigenvalue weighted by molar-refractivity contribution is 5.91. The Morgan fingerprint density at radius 1 is 1.10 bits per heavy atom. The number of carbonyl (C=O) groups excluding carboxylic acids is 3. The van der Waals surface area contributed by atoms with Gasteiger partial charge in [0.1, 0.15) is 6.61 Å². The number of allylic oxidation sites excluding steroid dienone is 4. The number of fused-ring (bicyclic) bond motifs is 1. The van der Waals surface area contributed by atoms with Crippen molar-refractivity contribution in [3.05, 3.63) is 47.1 Å². The summed E-state index contributed by atoms with van der Waals surface area (Å²) in [6, 6.07) is 0. The van der Waals surface area contributed by atoms with E-state index in [2.05, 4.69) is 19.6 Å². The van der Waals surface area contributed by atoms with Crippen LogP contribution in [-0.2, 0) is 28.6 Å². The van der Waals surface area contributed by atoms with Crippen molar-refractivity contribution in [2.75, 3.05) is 6.61 Å². The smallest absolute Gasteiger partial charge is 0.334 e. The lowest BCUT2D eigenvalue weighted by atomic mass is 9.86. The molecule has 30 heavy (non-hydrogen) atoms. The van der Waals surface area contributed by atoms with Gasteiger partial charge < -0.3 is 14.2 Å². The monoisotopic (exact) mass is 416 g/mol. The molecular formula is C24H32O6. The van der Waals surface area contributed by atoms with Crippen molar-refractivity contribution >= 4 is 17.9 Å². The quantitative estimate of drug-likeness (QED) is 0.294. The fraction of sp³-hybridized carbons (Fsp3) is 0.542. The van der Waals surface area contributed by atoms with E-state index >= 15 is 0 Å². The first-order chi connectivity index (χ1) is 14.2. The lowest BCUT2D eigenvalue weighted by Gasteiger charge is -2.27. The fourth-order valence-corrected chi connectivity index (χ4v) is 3.75. The summed E-state index contributed by atoms with van der Waals surface area (Å²) in [6.45, 7) is 10.8. The molecule has 6 nitrogen and oxygen atoms in total. The summed E-state index contributed by atoms with van der Waals surface area (Å²) < 4.78 is 16.4. The molecule has 1 saturated heterocycles. The van der Waals surface area contributed by atoms with E-state index < -0.39 is 24.1 Å². The second-order valence-corrected chi connectivity index (χ2v) is 7.99. The number of rotatable bonds is 3. The highest BCUT2D eigenvalue weighted by Gasteiger charge is 2.44. The van der Waals surface area contributed by atoms with Crippen LogP contribution in [0, 0.1) is 5.92 Å². The first kappa shape index (κ1) is 23.6. The molecule has 6 heteroatoms. The van der Waals surface area contributed by atoms with Gasteiger partial charge in [-0.1, -0.05) is 30.4 Å². The summed E-state index contributed by atoms with van der Waals surface area (Å²) >= 11 is 0. The summed E-state index contributed by atoms with van der Waals surface area (Å²) in [4.78, 5) is 35.3. The van der Waals surface area contributed by atoms with E-state index in [1.54, 1.807) is 0 Å². The predicted molar refractivity (Wildman–Crippen MR) is 113 cm³/mol. The Balaban J connectivity index is 2.39. The van der Waals surface area contributed by atoms with Gasteiger partial charge in [0.2, 0.25) is 0 Å². The van der Waals surface area contributed by atoms with Gasteiger partial charge in [-0.3, -0.25) is 9.59 Å². The Morgan fingerprint density at radius 3 is 2.47 bits per heavy atom. The van der Waals surface area contributed by atoms with E-state index in [-0.39, 0.29) is 18.5 Å². The van der Waals surface area contributed by atoms with Gasteiger partial charge in [-0.05, 0) is 57.1 Å². The highest BCUT2D eigenvalue weighted by Crippen LogP contribution is 2.36. The maximum Gasteiger partial charge on any atom is 0.334 e. The molecule has 1 fully saturated rings. The Kier molecular flexibility index (Phi) is 8.63. The van der Waals surface area contributed by atoms with Crippen LogP contribution in [0.1, 0.15) is 59.8 Å². The maximum atomic E-state index is 12.3. The topological polar surface area (TPSA) is 78.9 Å². The average molecular weight is 417 g/mol. The van der Waals surface area contributed by atoms with E-state index in [0.29, 0.717) is 12.0 Å². The van der Waals surface area contributed by atoms with Crippen molar-refractivity contribution in [1.82, 2.24) is 0 Å². The van der Waals surface area contributed by atoms with E-state index in [1.807, 2.05) is 19.1 Å². The van der Waals surface area contributed by atoms with E-state index in [9.17, 15) is 14.4 Å². The SMILES string of the molecule is C=C1C(=O)OC2C1CC=C(COC(C)=O)CCC=C(C)CCC=C(C)C2OC(C)=O. The second kappa shape index (κ2) is 11.0. The van der Waals surface area contributed by atoms with Crippen LogP contribution in [0.15, 0.2) is 47.1 Å². The fourth-order valence-electron chi connectivity index (χ4n) is 3.75. The molecule has 3 unspecified atom stereocenters. The van der Waals surface area contributed by atoms with Crippen LogP contribution in [0.2, 0.25) is 0 Å². The third-order valence-corrected chi connectivity index (χ3v) is 5.47. The van der Waals surface area contributed by atoms with Crippen molar-refractivity contribution in [3.8, 4) is 0 Å². The van der Waals surface area contributed by atoms with Gasteiger partial charge in [0.25, 0.3) is 0 Å². The van der Waals surface area contributed by atoms with Crippen LogP contribution in [0.25, 0.3) is 0 Å². The van der Waals surface area contributed by atoms with E-state index in [4.69, 9.17) is 14.2 Å². The third-order valence-electron chi connectivity index (χ3n) is 5.47. The first-order valence-corrected chi connectivity index (χ1v) is 10.4. The molecular weight excluding hydrogens is 384 g/mol. The summed E-state index contributed by atoms with van der Waals surface area (Å²) in [5.74, 6) is -1.55. The predicted octanol–water partition coefficient (Wildman–Crippen LogP) is 4.36. The zero-order valence-electron chi connectivity index (χ0n) is 18.4. The van der Waals surface area contributed by atoms with Crippen LogP contribution in [0.4, 0.5) is 0 Å². The number of esters is 3. The molecule has 0 amide bonds. The summed E-state index contributed by atoms with van der Waals surface area (Å²) in [5.41, 5.74) is 3.48. The van der Waals surface area contributed by atoms with Gasteiger partial charge in [-0.2, -0.15) is 0 Å². The molecule has 2 aliphatic rings. The molecule has 1 aliphatic heterocycles. The molecule has 2 rings (SSSR count). The number of hydrogen-bond acceptors (Lipinski definition) is 6. The van der Waals surface area contributed by atoms with Gasteiger partial charge in [-0.15, -0.1) is 0 Å². The summed E-state index contributed by atoms with van der Waals surface area (Å²) in [6.07, 6.45) is 8.72. The van der Waals surface area contributed by atoms with Crippen molar-refractivity contribution in [1.29, 1.82) is 0 Å². The zero-order chi connectivity index (χ0) is 22.3. The van der Waals surface area contributed by atoms with Gasteiger partial charge in [0.05, 0.1) is 0 Å². The largest absolute Gasteiger partial charge is 0.461 e. The highest BCUT2D eigenvalue weighted by atomic mass is 16.6. The van der Waals surface area contributed by atoms with Gasteiger partial charge in [-0.25, -0.2) is 4.79 Å². The molecule has 0 N–H and O–H groups in total. The molecule has 164 valence electrons. The molecule has 0 bridgehead atoms. The lowest BCUT2D eigenvalue weighted by molar-refractivity contribution is -0.157. The number of hydrogen-bond donors (Lipinski definition) is 0. The van der Waals surface area contributed by atoms with Crippen LogP contribution in [0.3, 0.4) is 0 Å². The maximum absolute atomic E-state index is 12.3. The molecule has 0 aromatic rings. The normalized spacial score (nSPS) is 25.7. The molecule has 1 aliphatic carbocycles. The van der Waals surface area contributed by atoms with Crippen LogP contribution in [-0.4, -0.2) is 36.7 Å². The minimum atomic E-state index is -0.659. The van der Waals surface area contributed by atoms with Crippen molar-refractivity contribution in [2.24, 2.45) is 5.92 Å². The van der Waals surface area contributed by atoms with Crippen molar-refractivity contribution in [2.45, 2.75) is 72.0 Å². The zero-order valence-corrected chi connectivity index (χ0v) is 18.4. The average Bonchev–Trinajstić information content (AvgIpc) is 2.94. The van der Waals surface area contributed by atoms with E-state index in [0.717, 1.165) is 36.8 Å². The minimum absolute atomic E-state index is 0.215. The van der Waals surface area contributed by atoms with Crippen molar-refractivity contribution in [3.63, 3.8) is 0 Å². The molecule has 0 spiro atoms. The second-order valence-electron chi connectivity index (χ2n) is 7.99. The first-order valence-electron chi connectivity index (χ1n) is 10.4. The Morgan fingerprint density at radius 2 is 1.80 bits per heavy atom. The van der Waals surface area contributed by atoms with Crippen LogP contribution in [0.5, 0.6) is 0 Å². The number of ether oxygens (including phenoxy) is 3. The Hall–Kier alpha value is -2.63. The molecule has 1 heterocycles. The molecule has 0 saturated carbocycles. The third kappa shape index (κ3) is 6.71. The molecule has 0 radical (unpaired) electrons. The van der Waals surface area contributed by atoms with Gasteiger partial charge >= 0.3 is 17.9 Å². The van der Waals surface area contributed by atoms with Crippen molar-refractivity contribution < 1.29 is 28.6 Å². The van der Waals surface area contributed by atoms with Crippen LogP contribution < -0.4 is 0 Å². The lowest BCUT2D eigenvalue weighted by Crippen LogP contribution is -2.36. The van der Waals surface area contributed by atoms with E-state index in [1.165, 1.54) is 19.4 Å². The summed E-state index contributed by atoms with van der Waals surface area (Å²) in [7, 11) is 0. The number of carbonyl (C=O) groups is 3. The Labute approximate surface area is 178 Å². The summed E-state index contributed by atoms with van der Waals surface area (Å²) in [5, 5.41) is 0. The molecule has 0 aromatic heterocycles. The minimum Gasteiger partial charge on any atom is -0.461 e. The van der Waals surface area contributed by atoms with Gasteiger partial charge in [0, 0.05) is 25.3 Å². The molecule has 0 aromatic carbocycles. The van der Waals surface area contributed by atoms with Crippen LogP contribution >= 0.6 is 0 Å². The standard InChI is InChI=1S/C24H32O6/c1-15-8-6-10-16(2)22(29-19(5)26)23-21(17(3)24(27)30-23)13-12-20(11-7-9-15)14-28-18(4)25/h9-10,12,21-23H,3,6-8,11,13-14H2,1-2,4-5H3. The molecule has 3 atom stereocenters.